The van der Waals surface area contributed by atoms with Crippen molar-refractivity contribution >= 4 is 0 Å². The van der Waals surface area contributed by atoms with E-state index >= 15 is 0 Å². The van der Waals surface area contributed by atoms with E-state index in [9.17, 15) is 0 Å². The minimum Gasteiger partial charge on any atom is -0.472 e. The summed E-state index contributed by atoms with van der Waals surface area (Å²) < 4.78 is 10.1. The molecule has 3 nitrogen and oxygen atoms in total. The minimum absolute atomic E-state index is 0.0532. The first-order valence-corrected chi connectivity index (χ1v) is 5.54. The standard InChI is InChI=1S/C13H21NO2/c1-4-13(2,11-14-6-8-15-3)9-12-5-7-16-10-12/h4-5,7,10,14H,1,6,8-9,11H2,2-3H3. The molecule has 0 radical (unpaired) electrons. The fraction of sp³-hybridized carbons (Fsp3) is 0.538. The molecule has 1 unspecified atom stereocenters. The van der Waals surface area contributed by atoms with Crippen molar-refractivity contribution in [2.24, 2.45) is 5.41 Å². The average Bonchev–Trinajstić information content (AvgIpc) is 2.77. The maximum Gasteiger partial charge on any atom is 0.0934 e. The molecule has 0 saturated heterocycles. The molecule has 1 aromatic rings. The molecule has 0 aromatic carbocycles. The summed E-state index contributed by atoms with van der Waals surface area (Å²) in [4.78, 5) is 0. The van der Waals surface area contributed by atoms with Gasteiger partial charge in [-0.3, -0.25) is 0 Å². The van der Waals surface area contributed by atoms with Crippen molar-refractivity contribution in [3.8, 4) is 0 Å². The highest BCUT2D eigenvalue weighted by atomic mass is 16.5. The van der Waals surface area contributed by atoms with E-state index in [4.69, 9.17) is 9.15 Å². The van der Waals surface area contributed by atoms with Crippen LogP contribution in [0.15, 0.2) is 35.7 Å². The Labute approximate surface area is 97.5 Å². The molecule has 16 heavy (non-hydrogen) atoms. The van der Waals surface area contributed by atoms with Crippen LogP contribution in [0.2, 0.25) is 0 Å². The van der Waals surface area contributed by atoms with Crippen molar-refractivity contribution in [3.63, 3.8) is 0 Å². The van der Waals surface area contributed by atoms with E-state index in [2.05, 4.69) is 18.8 Å². The quantitative estimate of drug-likeness (QED) is 0.542. The molecular weight excluding hydrogens is 202 g/mol. The Morgan fingerprint density at radius 3 is 3.00 bits per heavy atom. The zero-order chi connectivity index (χ0) is 11.9. The first-order chi connectivity index (χ1) is 7.70. The Morgan fingerprint density at radius 1 is 1.62 bits per heavy atom. The molecule has 0 aliphatic rings. The maximum absolute atomic E-state index is 5.07. The average molecular weight is 223 g/mol. The van der Waals surface area contributed by atoms with Crippen LogP contribution in [0.25, 0.3) is 0 Å². The van der Waals surface area contributed by atoms with Crippen LogP contribution < -0.4 is 5.32 Å². The summed E-state index contributed by atoms with van der Waals surface area (Å²) in [6, 6.07) is 2.00. The summed E-state index contributed by atoms with van der Waals surface area (Å²) >= 11 is 0. The highest BCUT2D eigenvalue weighted by molar-refractivity contribution is 5.11. The Hall–Kier alpha value is -1.06. The van der Waals surface area contributed by atoms with Gasteiger partial charge in [-0.1, -0.05) is 13.0 Å². The van der Waals surface area contributed by atoms with E-state index in [0.717, 1.165) is 26.1 Å². The van der Waals surface area contributed by atoms with Gasteiger partial charge < -0.3 is 14.5 Å². The predicted octanol–water partition coefficient (Wildman–Crippen LogP) is 2.25. The topological polar surface area (TPSA) is 34.4 Å². The molecule has 90 valence electrons. The van der Waals surface area contributed by atoms with E-state index in [1.807, 2.05) is 12.1 Å². The summed E-state index contributed by atoms with van der Waals surface area (Å²) in [5, 5.41) is 3.36. The molecule has 0 aliphatic carbocycles. The third-order valence-electron chi connectivity index (χ3n) is 2.69. The van der Waals surface area contributed by atoms with Gasteiger partial charge in [-0.25, -0.2) is 0 Å². The number of furan rings is 1. The number of rotatable bonds is 8. The first-order valence-electron chi connectivity index (χ1n) is 5.54. The third kappa shape index (κ3) is 4.21. The highest BCUT2D eigenvalue weighted by Crippen LogP contribution is 2.23. The molecule has 1 rings (SSSR count). The first kappa shape index (κ1) is 13.0. The number of hydrogen-bond acceptors (Lipinski definition) is 3. The molecular formula is C13H21NO2. The summed E-state index contributed by atoms with van der Waals surface area (Å²) in [6.45, 7) is 8.59. The Bertz CT molecular complexity index is 295. The predicted molar refractivity (Wildman–Crippen MR) is 65.5 cm³/mol. The smallest absolute Gasteiger partial charge is 0.0934 e. The van der Waals surface area contributed by atoms with Gasteiger partial charge in [0.2, 0.25) is 0 Å². The van der Waals surface area contributed by atoms with Gasteiger partial charge in [0.1, 0.15) is 0 Å². The molecule has 0 amide bonds. The Balaban J connectivity index is 2.40. The second kappa shape index (κ2) is 6.51. The van der Waals surface area contributed by atoms with Crippen LogP contribution in [0, 0.1) is 5.41 Å². The van der Waals surface area contributed by atoms with Crippen molar-refractivity contribution < 1.29 is 9.15 Å². The maximum atomic E-state index is 5.07. The van der Waals surface area contributed by atoms with Crippen LogP contribution in [0.1, 0.15) is 12.5 Å². The van der Waals surface area contributed by atoms with Crippen LogP contribution in [-0.2, 0) is 11.2 Å². The van der Waals surface area contributed by atoms with Gasteiger partial charge in [-0.2, -0.15) is 0 Å². The Morgan fingerprint density at radius 2 is 2.44 bits per heavy atom. The highest BCUT2D eigenvalue weighted by Gasteiger charge is 2.20. The summed E-state index contributed by atoms with van der Waals surface area (Å²) in [5.74, 6) is 0. The monoisotopic (exact) mass is 223 g/mol. The van der Waals surface area contributed by atoms with Crippen LogP contribution in [0.4, 0.5) is 0 Å². The van der Waals surface area contributed by atoms with Crippen LogP contribution in [0.5, 0.6) is 0 Å². The van der Waals surface area contributed by atoms with E-state index < -0.39 is 0 Å². The lowest BCUT2D eigenvalue weighted by Gasteiger charge is -2.25. The van der Waals surface area contributed by atoms with Crippen molar-refractivity contribution in [2.45, 2.75) is 13.3 Å². The van der Waals surface area contributed by atoms with Gasteiger partial charge in [0.05, 0.1) is 19.1 Å². The normalized spacial score (nSPS) is 14.6. The molecule has 3 heteroatoms. The number of hydrogen-bond donors (Lipinski definition) is 1. The van der Waals surface area contributed by atoms with Crippen LogP contribution in [0.3, 0.4) is 0 Å². The van der Waals surface area contributed by atoms with Crippen molar-refractivity contribution in [3.05, 3.63) is 36.8 Å². The van der Waals surface area contributed by atoms with Gasteiger partial charge in [0.25, 0.3) is 0 Å². The minimum atomic E-state index is 0.0532. The van der Waals surface area contributed by atoms with Gasteiger partial charge in [0.15, 0.2) is 0 Å². The number of nitrogens with one attached hydrogen (secondary N) is 1. The van der Waals surface area contributed by atoms with E-state index in [0.29, 0.717) is 0 Å². The van der Waals surface area contributed by atoms with Crippen molar-refractivity contribution in [2.75, 3.05) is 26.8 Å². The summed E-state index contributed by atoms with van der Waals surface area (Å²) in [6.07, 6.45) is 6.43. The molecule has 1 N–H and O–H groups in total. The van der Waals surface area contributed by atoms with E-state index in [1.54, 1.807) is 19.6 Å². The van der Waals surface area contributed by atoms with Crippen molar-refractivity contribution in [1.82, 2.24) is 5.32 Å². The second-order valence-corrected chi connectivity index (χ2v) is 4.34. The van der Waals surface area contributed by atoms with Gasteiger partial charge in [-0.05, 0) is 18.1 Å². The lowest BCUT2D eigenvalue weighted by Crippen LogP contribution is -2.33. The summed E-state index contributed by atoms with van der Waals surface area (Å²) in [5.41, 5.74) is 1.26. The SMILES string of the molecule is C=CC(C)(CNCCOC)Cc1ccoc1. The zero-order valence-electron chi connectivity index (χ0n) is 10.2. The van der Waals surface area contributed by atoms with Gasteiger partial charge in [0, 0.05) is 25.6 Å². The fourth-order valence-corrected chi connectivity index (χ4v) is 1.61. The van der Waals surface area contributed by atoms with E-state index in [-0.39, 0.29) is 5.41 Å². The molecule has 1 aromatic heterocycles. The number of ether oxygens (including phenoxy) is 1. The lowest BCUT2D eigenvalue weighted by atomic mass is 9.84. The molecule has 1 atom stereocenters. The fourth-order valence-electron chi connectivity index (χ4n) is 1.61. The molecule has 0 spiro atoms. The third-order valence-corrected chi connectivity index (χ3v) is 2.69. The van der Waals surface area contributed by atoms with E-state index in [1.165, 1.54) is 5.56 Å². The second-order valence-electron chi connectivity index (χ2n) is 4.34. The molecule has 0 bridgehead atoms. The molecule has 1 heterocycles. The number of methoxy groups -OCH3 is 1. The lowest BCUT2D eigenvalue weighted by molar-refractivity contribution is 0.195. The molecule has 0 aliphatic heterocycles. The van der Waals surface area contributed by atoms with Crippen molar-refractivity contribution in [1.29, 1.82) is 0 Å². The van der Waals surface area contributed by atoms with Crippen LogP contribution >= 0.6 is 0 Å². The van der Waals surface area contributed by atoms with Gasteiger partial charge in [-0.15, -0.1) is 6.58 Å². The zero-order valence-corrected chi connectivity index (χ0v) is 10.2. The molecule has 0 saturated carbocycles. The summed E-state index contributed by atoms with van der Waals surface area (Å²) in [7, 11) is 1.71. The molecule has 0 fully saturated rings. The van der Waals surface area contributed by atoms with Gasteiger partial charge >= 0.3 is 0 Å². The Kier molecular flexibility index (Phi) is 5.29. The van der Waals surface area contributed by atoms with Crippen LogP contribution in [-0.4, -0.2) is 26.8 Å². The largest absolute Gasteiger partial charge is 0.472 e.